The van der Waals surface area contributed by atoms with Crippen LogP contribution in [0.4, 0.5) is 0 Å². The second kappa shape index (κ2) is 5.12. The average Bonchev–Trinajstić information content (AvgIpc) is 2.63. The van der Waals surface area contributed by atoms with Gasteiger partial charge in [0, 0.05) is 12.1 Å². The van der Waals surface area contributed by atoms with Gasteiger partial charge in [-0.1, -0.05) is 0 Å². The molecule has 0 saturated carbocycles. The van der Waals surface area contributed by atoms with Gasteiger partial charge in [-0.05, 0) is 33.6 Å². The van der Waals surface area contributed by atoms with Crippen LogP contribution in [0, 0.1) is 0 Å². The molecule has 1 heterocycles. The fraction of sp³-hybridized carbons (Fsp3) is 0.909. The van der Waals surface area contributed by atoms with E-state index in [1.54, 1.807) is 6.92 Å². The van der Waals surface area contributed by atoms with Crippen LogP contribution in [0.3, 0.4) is 0 Å². The van der Waals surface area contributed by atoms with E-state index in [4.69, 9.17) is 9.84 Å². The number of carboxylic acid groups (broad SMARTS) is 1. The van der Waals surface area contributed by atoms with Gasteiger partial charge >= 0.3 is 5.97 Å². The first-order valence-electron chi connectivity index (χ1n) is 5.64. The molecule has 0 aromatic carbocycles. The van der Waals surface area contributed by atoms with Gasteiger partial charge in [0.05, 0.1) is 12.2 Å². The van der Waals surface area contributed by atoms with E-state index in [-0.39, 0.29) is 11.6 Å². The third kappa shape index (κ3) is 3.43. The SMILES string of the molecule is CC(O)C(C)(C)NCC1CCC(C(=O)O)O1. The van der Waals surface area contributed by atoms with E-state index in [2.05, 4.69) is 5.32 Å². The zero-order chi connectivity index (χ0) is 12.3. The lowest BCUT2D eigenvalue weighted by Gasteiger charge is -2.30. The number of aliphatic hydroxyl groups excluding tert-OH is 1. The molecule has 0 aliphatic carbocycles. The number of carbonyl (C=O) groups is 1. The van der Waals surface area contributed by atoms with Gasteiger partial charge in [-0.15, -0.1) is 0 Å². The first-order chi connectivity index (χ1) is 7.33. The summed E-state index contributed by atoms with van der Waals surface area (Å²) >= 11 is 0. The van der Waals surface area contributed by atoms with Crippen LogP contribution >= 0.6 is 0 Å². The van der Waals surface area contributed by atoms with Crippen LogP contribution in [0.25, 0.3) is 0 Å². The third-order valence-electron chi connectivity index (χ3n) is 3.21. The molecule has 0 aromatic heterocycles. The van der Waals surface area contributed by atoms with Crippen LogP contribution in [0.5, 0.6) is 0 Å². The summed E-state index contributed by atoms with van der Waals surface area (Å²) in [6, 6.07) is 0. The molecular weight excluding hydrogens is 210 g/mol. The molecule has 0 radical (unpaired) electrons. The zero-order valence-electron chi connectivity index (χ0n) is 10.1. The Morgan fingerprint density at radius 1 is 1.56 bits per heavy atom. The van der Waals surface area contributed by atoms with Crippen molar-refractivity contribution in [3.8, 4) is 0 Å². The van der Waals surface area contributed by atoms with Gasteiger partial charge in [-0.2, -0.15) is 0 Å². The summed E-state index contributed by atoms with van der Waals surface area (Å²) < 4.78 is 5.35. The van der Waals surface area contributed by atoms with Crippen LogP contribution in [0.1, 0.15) is 33.6 Å². The van der Waals surface area contributed by atoms with Crippen molar-refractivity contribution < 1.29 is 19.7 Å². The van der Waals surface area contributed by atoms with Gasteiger partial charge in [0.15, 0.2) is 6.10 Å². The molecule has 0 aromatic rings. The first-order valence-corrected chi connectivity index (χ1v) is 5.64. The average molecular weight is 231 g/mol. The molecule has 16 heavy (non-hydrogen) atoms. The zero-order valence-corrected chi connectivity index (χ0v) is 10.1. The number of hydrogen-bond donors (Lipinski definition) is 3. The van der Waals surface area contributed by atoms with Gasteiger partial charge in [-0.3, -0.25) is 0 Å². The maximum absolute atomic E-state index is 10.7. The highest BCUT2D eigenvalue weighted by atomic mass is 16.5. The molecule has 94 valence electrons. The van der Waals surface area contributed by atoms with Crippen molar-refractivity contribution in [2.24, 2.45) is 0 Å². The summed E-state index contributed by atoms with van der Waals surface area (Å²) in [7, 11) is 0. The molecule has 0 amide bonds. The Balaban J connectivity index is 2.33. The van der Waals surface area contributed by atoms with Crippen molar-refractivity contribution in [3.05, 3.63) is 0 Å². The quantitative estimate of drug-likeness (QED) is 0.637. The first kappa shape index (κ1) is 13.4. The van der Waals surface area contributed by atoms with Crippen molar-refractivity contribution >= 4 is 5.97 Å². The lowest BCUT2D eigenvalue weighted by molar-refractivity contribution is -0.149. The van der Waals surface area contributed by atoms with Gasteiger partial charge in [0.25, 0.3) is 0 Å². The van der Waals surface area contributed by atoms with Crippen molar-refractivity contribution in [2.75, 3.05) is 6.54 Å². The highest BCUT2D eigenvalue weighted by molar-refractivity contribution is 5.72. The molecule has 1 fully saturated rings. The van der Waals surface area contributed by atoms with E-state index < -0.39 is 18.2 Å². The van der Waals surface area contributed by atoms with Gasteiger partial charge in [0.1, 0.15) is 0 Å². The van der Waals surface area contributed by atoms with Gasteiger partial charge < -0.3 is 20.3 Å². The predicted molar refractivity (Wildman–Crippen MR) is 59.3 cm³/mol. The van der Waals surface area contributed by atoms with Crippen molar-refractivity contribution in [3.63, 3.8) is 0 Å². The smallest absolute Gasteiger partial charge is 0.332 e. The molecule has 0 bridgehead atoms. The Bertz CT molecular complexity index is 252. The molecule has 5 nitrogen and oxygen atoms in total. The molecule has 3 unspecified atom stereocenters. The van der Waals surface area contributed by atoms with E-state index in [1.807, 2.05) is 13.8 Å². The van der Waals surface area contributed by atoms with Crippen LogP contribution in [-0.4, -0.2) is 46.6 Å². The predicted octanol–water partition coefficient (Wildman–Crippen LogP) is 0.368. The van der Waals surface area contributed by atoms with E-state index in [9.17, 15) is 9.90 Å². The Morgan fingerprint density at radius 2 is 2.19 bits per heavy atom. The summed E-state index contributed by atoms with van der Waals surface area (Å²) in [6.07, 6.45) is 0.112. The highest BCUT2D eigenvalue weighted by Gasteiger charge is 2.32. The standard InChI is InChI=1S/C11H21NO4/c1-7(13)11(2,3)12-6-8-4-5-9(16-8)10(14)15/h7-9,12-13H,4-6H2,1-3H3,(H,14,15). The minimum Gasteiger partial charge on any atom is -0.479 e. The van der Waals surface area contributed by atoms with E-state index in [0.29, 0.717) is 13.0 Å². The number of carboxylic acids is 1. The number of aliphatic carboxylic acids is 1. The Hall–Kier alpha value is -0.650. The summed E-state index contributed by atoms with van der Waals surface area (Å²) in [5.74, 6) is -0.891. The molecule has 3 N–H and O–H groups in total. The minimum absolute atomic E-state index is 0.0703. The maximum Gasteiger partial charge on any atom is 0.332 e. The minimum atomic E-state index is -0.891. The molecule has 5 heteroatoms. The van der Waals surface area contributed by atoms with Gasteiger partial charge in [-0.25, -0.2) is 4.79 Å². The van der Waals surface area contributed by atoms with E-state index in [0.717, 1.165) is 6.42 Å². The molecule has 1 aliphatic rings. The Morgan fingerprint density at radius 3 is 2.62 bits per heavy atom. The number of nitrogens with one attached hydrogen (secondary N) is 1. The summed E-state index contributed by atoms with van der Waals surface area (Å²) in [6.45, 7) is 6.10. The normalized spacial score (nSPS) is 28.0. The number of aliphatic hydroxyl groups is 1. The van der Waals surface area contributed by atoms with Crippen LogP contribution in [0.15, 0.2) is 0 Å². The number of rotatable bonds is 5. The number of ether oxygens (including phenoxy) is 1. The topological polar surface area (TPSA) is 78.8 Å². The Labute approximate surface area is 95.8 Å². The second-order valence-corrected chi connectivity index (χ2v) is 4.94. The summed E-state index contributed by atoms with van der Waals surface area (Å²) in [4.78, 5) is 10.7. The Kier molecular flexibility index (Phi) is 4.29. The molecule has 3 atom stereocenters. The fourth-order valence-electron chi connectivity index (χ4n) is 1.56. The largest absolute Gasteiger partial charge is 0.479 e. The lowest BCUT2D eigenvalue weighted by Crippen LogP contribution is -2.50. The summed E-state index contributed by atoms with van der Waals surface area (Å²) in [5.41, 5.74) is -0.384. The van der Waals surface area contributed by atoms with E-state index >= 15 is 0 Å². The van der Waals surface area contributed by atoms with E-state index in [1.165, 1.54) is 0 Å². The molecule has 0 spiro atoms. The molecule has 1 saturated heterocycles. The lowest BCUT2D eigenvalue weighted by atomic mass is 9.98. The fourth-order valence-corrected chi connectivity index (χ4v) is 1.56. The maximum atomic E-state index is 10.7. The van der Waals surface area contributed by atoms with Crippen LogP contribution < -0.4 is 5.32 Å². The summed E-state index contributed by atoms with van der Waals surface area (Å²) in [5, 5.41) is 21.5. The third-order valence-corrected chi connectivity index (χ3v) is 3.21. The number of hydrogen-bond acceptors (Lipinski definition) is 4. The molecular formula is C11H21NO4. The molecule has 1 rings (SSSR count). The highest BCUT2D eigenvalue weighted by Crippen LogP contribution is 2.20. The van der Waals surface area contributed by atoms with Crippen molar-refractivity contribution in [2.45, 2.75) is 57.5 Å². The van der Waals surface area contributed by atoms with Crippen LogP contribution in [0.2, 0.25) is 0 Å². The van der Waals surface area contributed by atoms with Gasteiger partial charge in [0.2, 0.25) is 0 Å². The van der Waals surface area contributed by atoms with Crippen LogP contribution in [-0.2, 0) is 9.53 Å². The monoisotopic (exact) mass is 231 g/mol. The second-order valence-electron chi connectivity index (χ2n) is 4.94. The van der Waals surface area contributed by atoms with Crippen molar-refractivity contribution in [1.82, 2.24) is 5.32 Å². The van der Waals surface area contributed by atoms with Crippen molar-refractivity contribution in [1.29, 1.82) is 0 Å². The molecule has 1 aliphatic heterocycles.